The van der Waals surface area contributed by atoms with Gasteiger partial charge in [-0.3, -0.25) is 4.68 Å². The molecule has 0 aliphatic heterocycles. The topological polar surface area (TPSA) is 38.0 Å². The van der Waals surface area contributed by atoms with E-state index in [2.05, 4.69) is 21.0 Å². The molecule has 1 rings (SSSR count). The van der Waals surface area contributed by atoms with E-state index in [0.29, 0.717) is 0 Å². The zero-order chi connectivity index (χ0) is 8.43. The fraction of sp³-hybridized carbons (Fsp3) is 0.571. The summed E-state index contributed by atoms with van der Waals surface area (Å²) < 4.78 is 2.60. The van der Waals surface area contributed by atoms with Gasteiger partial charge in [0.15, 0.2) is 0 Å². The highest BCUT2D eigenvalue weighted by atomic mass is 79.9. The monoisotopic (exact) mass is 218 g/mol. The van der Waals surface area contributed by atoms with Gasteiger partial charge in [0.05, 0.1) is 12.3 Å². The molecule has 0 fully saturated rings. The Morgan fingerprint density at radius 1 is 1.64 bits per heavy atom. The van der Waals surface area contributed by atoms with Crippen LogP contribution in [0.2, 0.25) is 0 Å². The van der Waals surface area contributed by atoms with Gasteiger partial charge in [0, 0.05) is 12.6 Å². The lowest BCUT2D eigenvalue weighted by atomic mass is 10.2. The second kappa shape index (κ2) is 3.36. The van der Waals surface area contributed by atoms with Gasteiger partial charge >= 0.3 is 0 Å². The maximum absolute atomic E-state index is 8.96. The Labute approximate surface area is 74.2 Å². The molecule has 0 aromatic carbocycles. The van der Waals surface area contributed by atoms with Crippen molar-refractivity contribution >= 4 is 15.9 Å². The van der Waals surface area contributed by atoms with Crippen molar-refractivity contribution in [2.45, 2.75) is 20.0 Å². The SMILES string of the molecule is CCc1nn(C)c(Br)c1CO. The van der Waals surface area contributed by atoms with Crippen molar-refractivity contribution in [3.63, 3.8) is 0 Å². The van der Waals surface area contributed by atoms with E-state index in [1.54, 1.807) is 4.68 Å². The van der Waals surface area contributed by atoms with E-state index in [1.165, 1.54) is 0 Å². The van der Waals surface area contributed by atoms with Crippen molar-refractivity contribution < 1.29 is 5.11 Å². The number of aromatic nitrogens is 2. The third-order valence-electron chi connectivity index (χ3n) is 1.65. The molecule has 4 heteroatoms. The van der Waals surface area contributed by atoms with Crippen molar-refractivity contribution in [2.75, 3.05) is 0 Å². The van der Waals surface area contributed by atoms with Crippen LogP contribution in [0.3, 0.4) is 0 Å². The summed E-state index contributed by atoms with van der Waals surface area (Å²) in [6.07, 6.45) is 0.856. The minimum atomic E-state index is 0.0532. The molecule has 0 bridgehead atoms. The molecule has 0 amide bonds. The van der Waals surface area contributed by atoms with Crippen LogP contribution in [0.5, 0.6) is 0 Å². The molecule has 0 aliphatic carbocycles. The second-order valence-electron chi connectivity index (χ2n) is 2.35. The molecule has 0 saturated heterocycles. The molecule has 0 radical (unpaired) electrons. The van der Waals surface area contributed by atoms with Crippen molar-refractivity contribution in [3.05, 3.63) is 15.9 Å². The Hall–Kier alpha value is -0.350. The molecular formula is C7H11BrN2O. The molecule has 3 nitrogen and oxygen atoms in total. The minimum absolute atomic E-state index is 0.0532. The molecule has 1 heterocycles. The largest absolute Gasteiger partial charge is 0.392 e. The van der Waals surface area contributed by atoms with Gasteiger partial charge in [-0.1, -0.05) is 6.92 Å². The minimum Gasteiger partial charge on any atom is -0.392 e. The molecule has 1 aromatic heterocycles. The fourth-order valence-corrected chi connectivity index (χ4v) is 1.47. The number of hydrogen-bond donors (Lipinski definition) is 1. The van der Waals surface area contributed by atoms with Gasteiger partial charge in [-0.15, -0.1) is 0 Å². The van der Waals surface area contributed by atoms with E-state index in [-0.39, 0.29) is 6.61 Å². The van der Waals surface area contributed by atoms with Crippen molar-refractivity contribution in [2.24, 2.45) is 7.05 Å². The number of nitrogens with zero attached hydrogens (tertiary/aromatic N) is 2. The molecule has 62 valence electrons. The smallest absolute Gasteiger partial charge is 0.109 e. The highest BCUT2D eigenvalue weighted by Crippen LogP contribution is 2.19. The normalized spacial score (nSPS) is 10.5. The van der Waals surface area contributed by atoms with Crippen molar-refractivity contribution in [1.29, 1.82) is 0 Å². The Morgan fingerprint density at radius 2 is 2.27 bits per heavy atom. The lowest BCUT2D eigenvalue weighted by molar-refractivity contribution is 0.280. The van der Waals surface area contributed by atoms with Crippen LogP contribution in [0, 0.1) is 0 Å². The Balaban J connectivity index is 3.15. The number of hydrogen-bond acceptors (Lipinski definition) is 2. The first-order valence-corrected chi connectivity index (χ1v) is 4.31. The summed E-state index contributed by atoms with van der Waals surface area (Å²) in [4.78, 5) is 0. The molecule has 1 aromatic rings. The van der Waals surface area contributed by atoms with Gasteiger partial charge in [0.25, 0.3) is 0 Å². The van der Waals surface area contributed by atoms with E-state index in [0.717, 1.165) is 22.3 Å². The van der Waals surface area contributed by atoms with Gasteiger partial charge in [0.1, 0.15) is 4.60 Å². The Bertz CT molecular complexity index is 257. The average Bonchev–Trinajstić information content (AvgIpc) is 2.28. The third kappa shape index (κ3) is 1.46. The summed E-state index contributed by atoms with van der Waals surface area (Å²) in [6, 6.07) is 0. The summed E-state index contributed by atoms with van der Waals surface area (Å²) in [5.41, 5.74) is 1.86. The molecule has 0 atom stereocenters. The molecule has 0 unspecified atom stereocenters. The van der Waals surface area contributed by atoms with Crippen LogP contribution in [0.4, 0.5) is 0 Å². The Kier molecular flexibility index (Phi) is 2.67. The van der Waals surface area contributed by atoms with Crippen LogP contribution < -0.4 is 0 Å². The van der Waals surface area contributed by atoms with Crippen LogP contribution in [0.1, 0.15) is 18.2 Å². The molecule has 1 N–H and O–H groups in total. The van der Waals surface area contributed by atoms with Gasteiger partial charge < -0.3 is 5.11 Å². The van der Waals surface area contributed by atoms with Gasteiger partial charge in [-0.05, 0) is 22.4 Å². The highest BCUT2D eigenvalue weighted by Gasteiger charge is 2.10. The molecule has 11 heavy (non-hydrogen) atoms. The van der Waals surface area contributed by atoms with Gasteiger partial charge in [-0.2, -0.15) is 5.10 Å². The number of aliphatic hydroxyl groups excluding tert-OH is 1. The van der Waals surface area contributed by atoms with Crippen LogP contribution in [0.15, 0.2) is 4.60 Å². The van der Waals surface area contributed by atoms with Gasteiger partial charge in [0.2, 0.25) is 0 Å². The molecule has 0 aliphatic rings. The number of aliphatic hydroxyl groups is 1. The lowest BCUT2D eigenvalue weighted by Crippen LogP contribution is -1.90. The van der Waals surface area contributed by atoms with Crippen LogP contribution in [-0.4, -0.2) is 14.9 Å². The van der Waals surface area contributed by atoms with E-state index >= 15 is 0 Å². The van der Waals surface area contributed by atoms with Crippen LogP contribution in [-0.2, 0) is 20.1 Å². The first kappa shape index (κ1) is 8.74. The third-order valence-corrected chi connectivity index (χ3v) is 2.64. The summed E-state index contributed by atoms with van der Waals surface area (Å²) in [7, 11) is 1.85. The standard InChI is InChI=1S/C7H11BrN2O/c1-3-6-5(4-11)7(8)10(2)9-6/h11H,3-4H2,1-2H3. The quantitative estimate of drug-likeness (QED) is 0.812. The average molecular weight is 219 g/mol. The lowest BCUT2D eigenvalue weighted by Gasteiger charge is -1.93. The predicted molar refractivity (Wildman–Crippen MR) is 46.2 cm³/mol. The van der Waals surface area contributed by atoms with Crippen LogP contribution in [0.25, 0.3) is 0 Å². The highest BCUT2D eigenvalue weighted by molar-refractivity contribution is 9.10. The maximum atomic E-state index is 8.96. The van der Waals surface area contributed by atoms with E-state index in [9.17, 15) is 0 Å². The van der Waals surface area contributed by atoms with E-state index in [4.69, 9.17) is 5.11 Å². The first-order valence-electron chi connectivity index (χ1n) is 3.51. The number of rotatable bonds is 2. The van der Waals surface area contributed by atoms with E-state index in [1.807, 2.05) is 14.0 Å². The Morgan fingerprint density at radius 3 is 2.64 bits per heavy atom. The van der Waals surface area contributed by atoms with Gasteiger partial charge in [-0.25, -0.2) is 0 Å². The zero-order valence-electron chi connectivity index (χ0n) is 6.63. The predicted octanol–water partition coefficient (Wildman–Crippen LogP) is 1.24. The zero-order valence-corrected chi connectivity index (χ0v) is 8.22. The fourth-order valence-electron chi connectivity index (χ4n) is 1.04. The first-order chi connectivity index (χ1) is 5.20. The summed E-state index contributed by atoms with van der Waals surface area (Å²) in [5.74, 6) is 0. The van der Waals surface area contributed by atoms with E-state index < -0.39 is 0 Å². The van der Waals surface area contributed by atoms with Crippen molar-refractivity contribution in [3.8, 4) is 0 Å². The number of halogens is 1. The summed E-state index contributed by atoms with van der Waals surface area (Å²) in [5, 5.41) is 13.2. The summed E-state index contributed by atoms with van der Waals surface area (Å²) >= 11 is 3.34. The van der Waals surface area contributed by atoms with Crippen LogP contribution >= 0.6 is 15.9 Å². The summed E-state index contributed by atoms with van der Waals surface area (Å²) in [6.45, 7) is 2.07. The molecular weight excluding hydrogens is 208 g/mol. The maximum Gasteiger partial charge on any atom is 0.109 e. The molecule has 0 saturated carbocycles. The number of aryl methyl sites for hydroxylation is 2. The second-order valence-corrected chi connectivity index (χ2v) is 3.10. The van der Waals surface area contributed by atoms with Crippen molar-refractivity contribution in [1.82, 2.24) is 9.78 Å². The molecule has 0 spiro atoms.